The predicted molar refractivity (Wildman–Crippen MR) is 69.3 cm³/mol. The lowest BCUT2D eigenvalue weighted by atomic mass is 9.90. The molecule has 3 rings (SSSR count). The minimum Gasteiger partial charge on any atom is -0.480 e. The Hall–Kier alpha value is -1.85. The molecule has 1 N–H and O–H groups in total. The minimum atomic E-state index is -0.948. The molecular formula is C14H18N2O4. The molecule has 0 spiro atoms. The zero-order valence-electron chi connectivity index (χ0n) is 11.4. The highest BCUT2D eigenvalue weighted by molar-refractivity contribution is 5.95. The molecule has 1 saturated carbocycles. The largest absolute Gasteiger partial charge is 0.480 e. The Morgan fingerprint density at radius 3 is 2.80 bits per heavy atom. The van der Waals surface area contributed by atoms with Gasteiger partial charge >= 0.3 is 5.97 Å². The summed E-state index contributed by atoms with van der Waals surface area (Å²) in [7, 11) is 0. The van der Waals surface area contributed by atoms with Crippen LogP contribution in [0.4, 0.5) is 0 Å². The summed E-state index contributed by atoms with van der Waals surface area (Å²) in [4.78, 5) is 25.3. The lowest BCUT2D eigenvalue weighted by Gasteiger charge is -2.36. The average molecular weight is 278 g/mol. The molecule has 2 unspecified atom stereocenters. The molecule has 1 aliphatic heterocycles. The molecule has 0 radical (unpaired) electrons. The van der Waals surface area contributed by atoms with Gasteiger partial charge in [0.1, 0.15) is 11.8 Å². The van der Waals surface area contributed by atoms with Crippen LogP contribution < -0.4 is 0 Å². The summed E-state index contributed by atoms with van der Waals surface area (Å²) >= 11 is 0. The summed E-state index contributed by atoms with van der Waals surface area (Å²) in [6.45, 7) is 2.34. The highest BCUT2D eigenvalue weighted by atomic mass is 16.5. The SMILES string of the molecule is CC1CCCN(C(=O)c2cc(C3CC3)on2)C1C(=O)O. The maximum absolute atomic E-state index is 12.5. The fourth-order valence-corrected chi connectivity index (χ4v) is 2.89. The Morgan fingerprint density at radius 1 is 1.40 bits per heavy atom. The lowest BCUT2D eigenvalue weighted by Crippen LogP contribution is -2.52. The number of rotatable bonds is 3. The first kappa shape index (κ1) is 13.1. The van der Waals surface area contributed by atoms with E-state index in [1.807, 2.05) is 6.92 Å². The molecular weight excluding hydrogens is 260 g/mol. The van der Waals surface area contributed by atoms with Gasteiger partial charge in [-0.25, -0.2) is 4.79 Å². The van der Waals surface area contributed by atoms with Crippen LogP contribution in [0.15, 0.2) is 10.6 Å². The molecule has 2 heterocycles. The maximum atomic E-state index is 12.5. The van der Waals surface area contributed by atoms with Gasteiger partial charge in [0, 0.05) is 18.5 Å². The lowest BCUT2D eigenvalue weighted by molar-refractivity contribution is -0.145. The maximum Gasteiger partial charge on any atom is 0.326 e. The first-order valence-electron chi connectivity index (χ1n) is 7.08. The predicted octanol–water partition coefficient (Wildman–Crippen LogP) is 1.88. The second-order valence-corrected chi connectivity index (χ2v) is 5.79. The van der Waals surface area contributed by atoms with Crippen LogP contribution in [-0.4, -0.2) is 39.6 Å². The van der Waals surface area contributed by atoms with E-state index in [-0.39, 0.29) is 17.5 Å². The van der Waals surface area contributed by atoms with Crippen LogP contribution in [0.5, 0.6) is 0 Å². The number of nitrogens with zero attached hydrogens (tertiary/aromatic N) is 2. The highest BCUT2D eigenvalue weighted by Crippen LogP contribution is 2.40. The number of piperidine rings is 1. The molecule has 1 saturated heterocycles. The van der Waals surface area contributed by atoms with Crippen LogP contribution in [-0.2, 0) is 4.79 Å². The first-order chi connectivity index (χ1) is 9.58. The molecule has 108 valence electrons. The minimum absolute atomic E-state index is 0.0417. The summed E-state index contributed by atoms with van der Waals surface area (Å²) in [5.74, 6) is -0.194. The van der Waals surface area contributed by atoms with Crippen molar-refractivity contribution in [3.8, 4) is 0 Å². The van der Waals surface area contributed by atoms with Crippen LogP contribution in [0.3, 0.4) is 0 Å². The summed E-state index contributed by atoms with van der Waals surface area (Å²) in [5.41, 5.74) is 0.229. The summed E-state index contributed by atoms with van der Waals surface area (Å²) < 4.78 is 5.18. The van der Waals surface area contributed by atoms with Crippen molar-refractivity contribution < 1.29 is 19.2 Å². The quantitative estimate of drug-likeness (QED) is 0.912. The van der Waals surface area contributed by atoms with Gasteiger partial charge in [-0.1, -0.05) is 12.1 Å². The monoisotopic (exact) mass is 278 g/mol. The molecule has 2 atom stereocenters. The number of hydrogen-bond acceptors (Lipinski definition) is 4. The van der Waals surface area contributed by atoms with Crippen molar-refractivity contribution in [3.63, 3.8) is 0 Å². The number of carbonyl (C=O) groups is 2. The van der Waals surface area contributed by atoms with Crippen molar-refractivity contribution in [3.05, 3.63) is 17.5 Å². The van der Waals surface area contributed by atoms with Gasteiger partial charge in [-0.15, -0.1) is 0 Å². The molecule has 2 fully saturated rings. The Bertz CT molecular complexity index is 535. The van der Waals surface area contributed by atoms with Crippen molar-refractivity contribution in [1.29, 1.82) is 0 Å². The number of carboxylic acid groups (broad SMARTS) is 1. The average Bonchev–Trinajstić information content (AvgIpc) is 3.15. The van der Waals surface area contributed by atoms with Gasteiger partial charge in [-0.05, 0) is 31.6 Å². The van der Waals surface area contributed by atoms with Gasteiger partial charge in [-0.3, -0.25) is 4.79 Å². The van der Waals surface area contributed by atoms with E-state index in [0.717, 1.165) is 31.4 Å². The molecule has 1 amide bonds. The third-order valence-corrected chi connectivity index (χ3v) is 4.17. The van der Waals surface area contributed by atoms with E-state index < -0.39 is 12.0 Å². The van der Waals surface area contributed by atoms with Crippen molar-refractivity contribution in [2.24, 2.45) is 5.92 Å². The van der Waals surface area contributed by atoms with Crippen molar-refractivity contribution in [2.45, 2.75) is 44.6 Å². The normalized spacial score (nSPS) is 26.6. The van der Waals surface area contributed by atoms with Crippen molar-refractivity contribution in [2.75, 3.05) is 6.54 Å². The number of carbonyl (C=O) groups excluding carboxylic acids is 1. The fraction of sp³-hybridized carbons (Fsp3) is 0.643. The zero-order valence-corrected chi connectivity index (χ0v) is 11.4. The Balaban J connectivity index is 1.81. The van der Waals surface area contributed by atoms with E-state index in [0.29, 0.717) is 12.5 Å². The van der Waals surface area contributed by atoms with Crippen LogP contribution in [0, 0.1) is 5.92 Å². The van der Waals surface area contributed by atoms with Gasteiger partial charge in [0.15, 0.2) is 5.69 Å². The molecule has 20 heavy (non-hydrogen) atoms. The Morgan fingerprint density at radius 2 is 2.15 bits per heavy atom. The smallest absolute Gasteiger partial charge is 0.326 e. The molecule has 6 nitrogen and oxygen atoms in total. The third-order valence-electron chi connectivity index (χ3n) is 4.17. The van der Waals surface area contributed by atoms with Gasteiger partial charge in [0.25, 0.3) is 5.91 Å². The van der Waals surface area contributed by atoms with Gasteiger partial charge in [0.2, 0.25) is 0 Å². The zero-order chi connectivity index (χ0) is 14.3. The van der Waals surface area contributed by atoms with Crippen molar-refractivity contribution in [1.82, 2.24) is 10.1 Å². The second-order valence-electron chi connectivity index (χ2n) is 5.79. The molecule has 0 aromatic carbocycles. The molecule has 1 aromatic heterocycles. The van der Waals surface area contributed by atoms with Crippen LogP contribution >= 0.6 is 0 Å². The van der Waals surface area contributed by atoms with Gasteiger partial charge in [-0.2, -0.15) is 0 Å². The number of likely N-dealkylation sites (tertiary alicyclic amines) is 1. The standard InChI is InChI=1S/C14H18N2O4/c1-8-3-2-6-16(12(8)14(18)19)13(17)10-7-11(20-15-10)9-4-5-9/h7-9,12H,2-6H2,1H3,(H,18,19). The number of aliphatic carboxylic acids is 1. The number of aromatic nitrogens is 1. The summed E-state index contributed by atoms with van der Waals surface area (Å²) in [6.07, 6.45) is 3.79. The molecule has 0 bridgehead atoms. The van der Waals surface area contributed by atoms with E-state index in [9.17, 15) is 14.7 Å². The molecule has 2 aliphatic rings. The fourth-order valence-electron chi connectivity index (χ4n) is 2.89. The first-order valence-corrected chi connectivity index (χ1v) is 7.08. The number of amides is 1. The van der Waals surface area contributed by atoms with Crippen LogP contribution in [0.25, 0.3) is 0 Å². The van der Waals surface area contributed by atoms with E-state index in [4.69, 9.17) is 4.52 Å². The third kappa shape index (κ3) is 2.30. The molecule has 6 heteroatoms. The topological polar surface area (TPSA) is 83.6 Å². The van der Waals surface area contributed by atoms with Crippen LogP contribution in [0.2, 0.25) is 0 Å². The summed E-state index contributed by atoms with van der Waals surface area (Å²) in [5, 5.41) is 13.2. The number of carboxylic acids is 1. The Kier molecular flexibility index (Phi) is 3.23. The van der Waals surface area contributed by atoms with Gasteiger partial charge < -0.3 is 14.5 Å². The highest BCUT2D eigenvalue weighted by Gasteiger charge is 2.39. The number of hydrogen-bond donors (Lipinski definition) is 1. The Labute approximate surface area is 116 Å². The van der Waals surface area contributed by atoms with Crippen molar-refractivity contribution >= 4 is 11.9 Å². The van der Waals surface area contributed by atoms with E-state index in [2.05, 4.69) is 5.16 Å². The van der Waals surface area contributed by atoms with E-state index in [1.54, 1.807) is 6.07 Å². The van der Waals surface area contributed by atoms with Gasteiger partial charge in [0.05, 0.1) is 0 Å². The summed E-state index contributed by atoms with van der Waals surface area (Å²) in [6, 6.07) is 0.898. The second kappa shape index (κ2) is 4.92. The molecule has 1 aromatic rings. The van der Waals surface area contributed by atoms with E-state index >= 15 is 0 Å². The van der Waals surface area contributed by atoms with E-state index in [1.165, 1.54) is 4.90 Å². The van der Waals surface area contributed by atoms with Crippen LogP contribution in [0.1, 0.15) is 54.8 Å². The molecule has 1 aliphatic carbocycles.